The van der Waals surface area contributed by atoms with Gasteiger partial charge in [0.15, 0.2) is 5.76 Å². The minimum Gasteiger partial charge on any atom is -0.494 e. The molecule has 0 bridgehead atoms. The third kappa shape index (κ3) is 8.30. The van der Waals surface area contributed by atoms with Gasteiger partial charge in [-0.1, -0.05) is 6.58 Å². The van der Waals surface area contributed by atoms with E-state index < -0.39 is 5.91 Å². The standard InChI is InChI=1S/C31H37N7O6/c1-20(44-19-39)30(42)34-26-16-27(28(43-4)17-25(26)32-12-5-14-37(2)3)36-31-33-13-10-24(35-31)29(41)21-6-8-22(9-7-21)38-15-11-23(40)18-38/h6-10,13,16-17,19,23,32,40H,1,5,11-12,14-15,18H2,2-4H3,(H,34,42)(H,33,35,36)/t23-/m0/s1. The summed E-state index contributed by atoms with van der Waals surface area (Å²) >= 11 is 0. The summed E-state index contributed by atoms with van der Waals surface area (Å²) in [5.41, 5.74) is 2.91. The molecule has 1 saturated heterocycles. The summed E-state index contributed by atoms with van der Waals surface area (Å²) in [6, 6.07) is 12.0. The number of ether oxygens (including phenoxy) is 2. The second-order valence-corrected chi connectivity index (χ2v) is 10.4. The number of aromatic nitrogens is 2. The van der Waals surface area contributed by atoms with Crippen molar-refractivity contribution in [2.75, 3.05) is 68.2 Å². The fraction of sp³-hybridized carbons (Fsp3) is 0.323. The smallest absolute Gasteiger partial charge is 0.298 e. The van der Waals surface area contributed by atoms with E-state index >= 15 is 0 Å². The first kappa shape index (κ1) is 31.9. The van der Waals surface area contributed by atoms with Crippen molar-refractivity contribution in [2.24, 2.45) is 0 Å². The number of amides is 1. The summed E-state index contributed by atoms with van der Waals surface area (Å²) < 4.78 is 10.2. The molecular formula is C31H37N7O6. The molecule has 0 radical (unpaired) electrons. The fourth-order valence-electron chi connectivity index (χ4n) is 4.63. The van der Waals surface area contributed by atoms with Crippen molar-refractivity contribution in [2.45, 2.75) is 18.9 Å². The Morgan fingerprint density at radius 1 is 1.16 bits per heavy atom. The predicted octanol–water partition coefficient (Wildman–Crippen LogP) is 3.02. The minimum absolute atomic E-state index is 0.127. The Bertz CT molecular complexity index is 1500. The van der Waals surface area contributed by atoms with Crippen LogP contribution in [0.25, 0.3) is 0 Å². The van der Waals surface area contributed by atoms with Gasteiger partial charge in [-0.3, -0.25) is 14.4 Å². The molecule has 4 N–H and O–H groups in total. The summed E-state index contributed by atoms with van der Waals surface area (Å²) in [6.45, 7) is 6.39. The second-order valence-electron chi connectivity index (χ2n) is 10.4. The maximum atomic E-state index is 13.3. The van der Waals surface area contributed by atoms with E-state index in [9.17, 15) is 19.5 Å². The number of anilines is 5. The highest BCUT2D eigenvalue weighted by molar-refractivity contribution is 6.08. The molecule has 0 unspecified atom stereocenters. The van der Waals surface area contributed by atoms with E-state index in [2.05, 4.69) is 47.0 Å². The number of nitrogens with one attached hydrogen (secondary N) is 3. The second kappa shape index (κ2) is 14.9. The Balaban J connectivity index is 1.55. The lowest BCUT2D eigenvalue weighted by molar-refractivity contribution is -0.129. The molecule has 0 aliphatic carbocycles. The first-order chi connectivity index (χ1) is 21.2. The molecule has 1 fully saturated rings. The lowest BCUT2D eigenvalue weighted by Crippen LogP contribution is -2.21. The van der Waals surface area contributed by atoms with Crippen LogP contribution in [0.15, 0.2) is 61.0 Å². The number of methoxy groups -OCH3 is 1. The van der Waals surface area contributed by atoms with Crippen LogP contribution in [-0.2, 0) is 14.3 Å². The average Bonchev–Trinajstić information content (AvgIpc) is 3.46. The highest BCUT2D eigenvalue weighted by Crippen LogP contribution is 2.36. The molecule has 0 saturated carbocycles. The molecule has 3 aromatic rings. The van der Waals surface area contributed by atoms with Crippen LogP contribution in [-0.4, -0.2) is 91.6 Å². The molecule has 1 aromatic heterocycles. The van der Waals surface area contributed by atoms with Gasteiger partial charge in [-0.25, -0.2) is 9.97 Å². The normalized spacial score (nSPS) is 14.2. The van der Waals surface area contributed by atoms with Crippen LogP contribution in [0.2, 0.25) is 0 Å². The Hall–Kier alpha value is -5.01. The summed E-state index contributed by atoms with van der Waals surface area (Å²) in [6.07, 6.45) is 2.68. The van der Waals surface area contributed by atoms with Crippen LogP contribution in [0.5, 0.6) is 5.75 Å². The number of carbonyl (C=O) groups is 3. The number of carbonyl (C=O) groups excluding carboxylic acids is 3. The van der Waals surface area contributed by atoms with Crippen LogP contribution in [0.3, 0.4) is 0 Å². The Morgan fingerprint density at radius 2 is 1.93 bits per heavy atom. The van der Waals surface area contributed by atoms with Crippen molar-refractivity contribution < 1.29 is 29.0 Å². The molecule has 44 heavy (non-hydrogen) atoms. The first-order valence-electron chi connectivity index (χ1n) is 14.1. The van der Waals surface area contributed by atoms with Gasteiger partial charge < -0.3 is 40.3 Å². The molecule has 4 rings (SSSR count). The van der Waals surface area contributed by atoms with Crippen LogP contribution in [0, 0.1) is 0 Å². The zero-order chi connectivity index (χ0) is 31.6. The number of hydrogen-bond donors (Lipinski definition) is 4. The number of aliphatic hydroxyl groups is 1. The van der Waals surface area contributed by atoms with Crippen LogP contribution >= 0.6 is 0 Å². The van der Waals surface area contributed by atoms with Gasteiger partial charge in [0.1, 0.15) is 11.4 Å². The third-order valence-corrected chi connectivity index (χ3v) is 6.92. The number of rotatable bonds is 15. The van der Waals surface area contributed by atoms with Crippen molar-refractivity contribution in [1.82, 2.24) is 14.9 Å². The SMILES string of the molecule is C=C(OC=O)C(=O)Nc1cc(Nc2nccc(C(=O)c3ccc(N4CC[C@H](O)C4)cc3)n2)c(OC)cc1NCCCN(C)C. The molecule has 1 aliphatic rings. The van der Waals surface area contributed by atoms with Gasteiger partial charge in [0.2, 0.25) is 11.7 Å². The van der Waals surface area contributed by atoms with Crippen molar-refractivity contribution in [3.63, 3.8) is 0 Å². The average molecular weight is 604 g/mol. The molecule has 1 atom stereocenters. The molecule has 2 aromatic carbocycles. The Labute approximate surface area is 255 Å². The number of hydrogen-bond acceptors (Lipinski definition) is 12. The number of aliphatic hydroxyl groups excluding tert-OH is 1. The van der Waals surface area contributed by atoms with Gasteiger partial charge in [-0.15, -0.1) is 0 Å². The van der Waals surface area contributed by atoms with E-state index in [1.165, 1.54) is 19.4 Å². The monoisotopic (exact) mass is 603 g/mol. The van der Waals surface area contributed by atoms with Crippen molar-refractivity contribution in [1.29, 1.82) is 0 Å². The van der Waals surface area contributed by atoms with Gasteiger partial charge in [-0.2, -0.15) is 0 Å². The van der Waals surface area contributed by atoms with Crippen LogP contribution in [0.4, 0.5) is 28.7 Å². The number of benzene rings is 2. The Morgan fingerprint density at radius 3 is 2.59 bits per heavy atom. The van der Waals surface area contributed by atoms with E-state index in [1.54, 1.807) is 24.3 Å². The number of ketones is 1. The highest BCUT2D eigenvalue weighted by Gasteiger charge is 2.21. The van der Waals surface area contributed by atoms with E-state index in [1.807, 2.05) is 26.2 Å². The Kier molecular flexibility index (Phi) is 10.8. The molecule has 1 aliphatic heterocycles. The predicted molar refractivity (Wildman–Crippen MR) is 168 cm³/mol. The molecule has 0 spiro atoms. The molecule has 13 heteroatoms. The third-order valence-electron chi connectivity index (χ3n) is 6.92. The summed E-state index contributed by atoms with van der Waals surface area (Å²) in [5.74, 6) is -0.808. The largest absolute Gasteiger partial charge is 0.494 e. The van der Waals surface area contributed by atoms with Gasteiger partial charge >= 0.3 is 0 Å². The van der Waals surface area contributed by atoms with Crippen molar-refractivity contribution in [3.05, 3.63) is 72.3 Å². The maximum Gasteiger partial charge on any atom is 0.298 e. The maximum absolute atomic E-state index is 13.3. The van der Waals surface area contributed by atoms with Gasteiger partial charge in [0.05, 0.1) is 30.3 Å². The summed E-state index contributed by atoms with van der Waals surface area (Å²) in [5, 5.41) is 18.9. The quantitative estimate of drug-likeness (QED) is 0.0663. The van der Waals surface area contributed by atoms with E-state index in [-0.39, 0.29) is 35.8 Å². The topological polar surface area (TPSA) is 158 Å². The zero-order valence-corrected chi connectivity index (χ0v) is 25.0. The number of β-amino-alcohol motifs (C(OH)–C–C–N with tert-alkyl or cyclic N) is 1. The lowest BCUT2D eigenvalue weighted by Gasteiger charge is -2.19. The molecular weight excluding hydrogens is 566 g/mol. The molecule has 232 valence electrons. The van der Waals surface area contributed by atoms with Gasteiger partial charge in [0, 0.05) is 43.1 Å². The van der Waals surface area contributed by atoms with Crippen LogP contribution < -0.4 is 25.6 Å². The summed E-state index contributed by atoms with van der Waals surface area (Å²) in [4.78, 5) is 49.4. The van der Waals surface area contributed by atoms with Crippen molar-refractivity contribution in [3.8, 4) is 5.75 Å². The number of nitrogens with zero attached hydrogens (tertiary/aromatic N) is 4. The van der Waals surface area contributed by atoms with Gasteiger partial charge in [-0.05, 0) is 69.9 Å². The van der Waals surface area contributed by atoms with E-state index in [4.69, 9.17) is 4.74 Å². The molecule has 1 amide bonds. The summed E-state index contributed by atoms with van der Waals surface area (Å²) in [7, 11) is 5.47. The zero-order valence-electron chi connectivity index (χ0n) is 25.0. The van der Waals surface area contributed by atoms with E-state index in [0.717, 1.165) is 31.6 Å². The molecule has 2 heterocycles. The minimum atomic E-state index is -0.708. The van der Waals surface area contributed by atoms with Crippen molar-refractivity contribution >= 4 is 46.9 Å². The molecule has 13 nitrogen and oxygen atoms in total. The fourth-order valence-corrected chi connectivity index (χ4v) is 4.63. The van der Waals surface area contributed by atoms with Gasteiger partial charge in [0.25, 0.3) is 12.4 Å². The van der Waals surface area contributed by atoms with Crippen LogP contribution in [0.1, 0.15) is 28.9 Å². The highest BCUT2D eigenvalue weighted by atomic mass is 16.5. The lowest BCUT2D eigenvalue weighted by atomic mass is 10.1. The van der Waals surface area contributed by atoms with E-state index in [0.29, 0.717) is 41.5 Å². The first-order valence-corrected chi connectivity index (χ1v) is 14.1.